The average molecular weight is 527 g/mol. The van der Waals surface area contributed by atoms with E-state index in [-0.39, 0.29) is 12.5 Å². The van der Waals surface area contributed by atoms with E-state index < -0.39 is 18.1 Å². The summed E-state index contributed by atoms with van der Waals surface area (Å²) in [7, 11) is 0. The lowest BCUT2D eigenvalue weighted by Crippen LogP contribution is -2.41. The van der Waals surface area contributed by atoms with Crippen molar-refractivity contribution in [1.82, 2.24) is 10.3 Å². The van der Waals surface area contributed by atoms with E-state index >= 15 is 0 Å². The number of carbonyl (C=O) groups is 2. The maximum atomic E-state index is 12.4. The minimum atomic E-state index is -1.08. The summed E-state index contributed by atoms with van der Waals surface area (Å²) < 4.78 is 6.38. The first kappa shape index (κ1) is 23.3. The van der Waals surface area contributed by atoms with Crippen molar-refractivity contribution < 1.29 is 19.4 Å². The molecule has 2 aromatic carbocycles. The molecule has 1 atom stereocenters. The molecule has 6 nitrogen and oxygen atoms in total. The number of thioether (sulfide) groups is 1. The molecule has 2 N–H and O–H groups in total. The summed E-state index contributed by atoms with van der Waals surface area (Å²) in [5, 5.41) is 12.0. The molecule has 0 aliphatic heterocycles. The number of nitrogens with zero attached hydrogens (tertiary/aromatic N) is 1. The normalized spacial score (nSPS) is 13.1. The van der Waals surface area contributed by atoms with E-state index in [9.17, 15) is 14.7 Å². The standard InChI is InChI=1S/C25H23BrN2O4S/c26-17-11-16(12-27-13-17)15-33-10-9-23(24(29)30)28-25(31)32-14-22-20-7-3-1-5-18(20)19-6-2-4-8-21(19)22/h1-8,11-13,22-23H,9-10,14-15H2,(H,28,31)(H,29,30). The topological polar surface area (TPSA) is 88.5 Å². The number of hydrogen-bond donors (Lipinski definition) is 2. The summed E-state index contributed by atoms with van der Waals surface area (Å²) in [4.78, 5) is 28.2. The summed E-state index contributed by atoms with van der Waals surface area (Å²) in [6.07, 6.45) is 3.07. The quantitative estimate of drug-likeness (QED) is 0.360. The van der Waals surface area contributed by atoms with Gasteiger partial charge in [-0.1, -0.05) is 48.5 Å². The van der Waals surface area contributed by atoms with Gasteiger partial charge >= 0.3 is 12.1 Å². The minimum absolute atomic E-state index is 0.0687. The van der Waals surface area contributed by atoms with Crippen LogP contribution >= 0.6 is 27.7 Å². The van der Waals surface area contributed by atoms with Crippen molar-refractivity contribution in [2.45, 2.75) is 24.1 Å². The van der Waals surface area contributed by atoms with Crippen LogP contribution in [0.2, 0.25) is 0 Å². The highest BCUT2D eigenvalue weighted by Gasteiger charge is 2.29. The molecule has 1 aromatic heterocycles. The maximum Gasteiger partial charge on any atom is 0.407 e. The molecular weight excluding hydrogens is 504 g/mol. The van der Waals surface area contributed by atoms with E-state index in [0.717, 1.165) is 32.3 Å². The number of carboxylic acids is 1. The van der Waals surface area contributed by atoms with Crippen molar-refractivity contribution in [3.63, 3.8) is 0 Å². The summed E-state index contributed by atoms with van der Waals surface area (Å²) in [6, 6.07) is 17.1. The van der Waals surface area contributed by atoms with Gasteiger partial charge in [-0.2, -0.15) is 11.8 Å². The first-order valence-electron chi connectivity index (χ1n) is 10.5. The van der Waals surface area contributed by atoms with Gasteiger partial charge in [0.15, 0.2) is 0 Å². The van der Waals surface area contributed by atoms with Crippen LogP contribution in [0.25, 0.3) is 11.1 Å². The molecule has 0 saturated heterocycles. The number of halogens is 1. The van der Waals surface area contributed by atoms with Gasteiger partial charge in [-0.15, -0.1) is 0 Å². The SMILES string of the molecule is O=C(NC(CCSCc1cncc(Br)c1)C(=O)O)OCC1c2ccccc2-c2ccccc21. The molecule has 3 aromatic rings. The lowest BCUT2D eigenvalue weighted by molar-refractivity contribution is -0.139. The maximum absolute atomic E-state index is 12.4. The zero-order valence-electron chi connectivity index (χ0n) is 17.7. The van der Waals surface area contributed by atoms with Crippen LogP contribution in [0, 0.1) is 0 Å². The van der Waals surface area contributed by atoms with Crippen LogP contribution in [-0.4, -0.2) is 40.6 Å². The van der Waals surface area contributed by atoms with Crippen LogP contribution in [0.15, 0.2) is 71.5 Å². The van der Waals surface area contributed by atoms with E-state index in [2.05, 4.69) is 38.4 Å². The molecule has 1 aliphatic rings. The number of carboxylic acid groups (broad SMARTS) is 1. The van der Waals surface area contributed by atoms with Crippen LogP contribution in [0.4, 0.5) is 4.79 Å². The number of aromatic nitrogens is 1. The van der Waals surface area contributed by atoms with Gasteiger partial charge in [-0.3, -0.25) is 4.98 Å². The number of benzene rings is 2. The van der Waals surface area contributed by atoms with Gasteiger partial charge in [0.25, 0.3) is 0 Å². The Morgan fingerprint density at radius 2 is 1.76 bits per heavy atom. The lowest BCUT2D eigenvalue weighted by atomic mass is 9.98. The van der Waals surface area contributed by atoms with Gasteiger partial charge in [0.2, 0.25) is 0 Å². The Kier molecular flexibility index (Phi) is 7.67. The van der Waals surface area contributed by atoms with Crippen LogP contribution in [0.3, 0.4) is 0 Å². The molecule has 1 amide bonds. The van der Waals surface area contributed by atoms with Gasteiger partial charge in [-0.25, -0.2) is 9.59 Å². The van der Waals surface area contributed by atoms with E-state index in [1.165, 1.54) is 0 Å². The summed E-state index contributed by atoms with van der Waals surface area (Å²) in [5.74, 6) is 0.144. The highest BCUT2D eigenvalue weighted by molar-refractivity contribution is 9.10. The Hall–Kier alpha value is -2.84. The van der Waals surface area contributed by atoms with E-state index in [1.54, 1.807) is 24.2 Å². The molecule has 0 fully saturated rings. The van der Waals surface area contributed by atoms with Crippen LogP contribution < -0.4 is 5.32 Å². The Bertz CT molecular complexity index is 1110. The smallest absolute Gasteiger partial charge is 0.407 e. The predicted molar refractivity (Wildman–Crippen MR) is 132 cm³/mol. The highest BCUT2D eigenvalue weighted by Crippen LogP contribution is 2.44. The lowest BCUT2D eigenvalue weighted by Gasteiger charge is -2.17. The fourth-order valence-electron chi connectivity index (χ4n) is 3.97. The van der Waals surface area contributed by atoms with Gasteiger partial charge in [0, 0.05) is 28.5 Å². The van der Waals surface area contributed by atoms with Crippen LogP contribution in [-0.2, 0) is 15.3 Å². The number of carbonyl (C=O) groups excluding carboxylic acids is 1. The van der Waals surface area contributed by atoms with Crippen molar-refractivity contribution in [2.24, 2.45) is 0 Å². The molecule has 0 spiro atoms. The summed E-state index contributed by atoms with van der Waals surface area (Å²) in [5.41, 5.74) is 5.55. The molecule has 1 unspecified atom stereocenters. The number of pyridine rings is 1. The zero-order valence-corrected chi connectivity index (χ0v) is 20.1. The number of hydrogen-bond acceptors (Lipinski definition) is 5. The average Bonchev–Trinajstić information content (AvgIpc) is 3.13. The fraction of sp³-hybridized carbons (Fsp3) is 0.240. The monoisotopic (exact) mass is 526 g/mol. The number of ether oxygens (including phenoxy) is 1. The van der Waals surface area contributed by atoms with Gasteiger partial charge in [0.05, 0.1) is 0 Å². The molecular formula is C25H23BrN2O4S. The van der Waals surface area contributed by atoms with E-state index in [1.807, 2.05) is 42.5 Å². The summed E-state index contributed by atoms with van der Waals surface area (Å²) >= 11 is 4.98. The Morgan fingerprint density at radius 3 is 2.39 bits per heavy atom. The molecule has 33 heavy (non-hydrogen) atoms. The highest BCUT2D eigenvalue weighted by atomic mass is 79.9. The van der Waals surface area contributed by atoms with Gasteiger partial charge < -0.3 is 15.2 Å². The number of alkyl carbamates (subject to hydrolysis) is 1. The van der Waals surface area contributed by atoms with Crippen molar-refractivity contribution in [3.8, 4) is 11.1 Å². The molecule has 1 heterocycles. The molecule has 8 heteroatoms. The zero-order chi connectivity index (χ0) is 23.2. The summed E-state index contributed by atoms with van der Waals surface area (Å²) in [6.45, 7) is 0.150. The minimum Gasteiger partial charge on any atom is -0.480 e. The second kappa shape index (κ2) is 10.9. The Balaban J connectivity index is 1.29. The second-order valence-corrected chi connectivity index (χ2v) is 9.73. The number of nitrogens with one attached hydrogen (secondary N) is 1. The first-order chi connectivity index (χ1) is 16.0. The molecule has 0 bridgehead atoms. The van der Waals surface area contributed by atoms with E-state index in [4.69, 9.17) is 4.74 Å². The van der Waals surface area contributed by atoms with Gasteiger partial charge in [-0.05, 0) is 62.0 Å². The van der Waals surface area contributed by atoms with Crippen molar-refractivity contribution >= 4 is 39.8 Å². The predicted octanol–water partition coefficient (Wildman–Crippen LogP) is 5.46. The first-order valence-corrected chi connectivity index (χ1v) is 12.5. The third kappa shape index (κ3) is 5.75. The third-order valence-corrected chi connectivity index (χ3v) is 7.01. The number of aliphatic carboxylic acids is 1. The Morgan fingerprint density at radius 1 is 1.09 bits per heavy atom. The second-order valence-electron chi connectivity index (χ2n) is 7.71. The number of rotatable bonds is 9. The third-order valence-electron chi connectivity index (χ3n) is 5.51. The molecule has 4 rings (SSSR count). The fourth-order valence-corrected chi connectivity index (χ4v) is 5.32. The number of fused-ring (bicyclic) bond motifs is 3. The van der Waals surface area contributed by atoms with Crippen molar-refractivity contribution in [3.05, 3.63) is 88.2 Å². The largest absolute Gasteiger partial charge is 0.480 e. The van der Waals surface area contributed by atoms with Crippen molar-refractivity contribution in [2.75, 3.05) is 12.4 Å². The molecule has 0 saturated carbocycles. The molecule has 170 valence electrons. The van der Waals surface area contributed by atoms with Gasteiger partial charge in [0.1, 0.15) is 12.6 Å². The van der Waals surface area contributed by atoms with E-state index in [0.29, 0.717) is 17.9 Å². The number of amides is 1. The van der Waals surface area contributed by atoms with Crippen LogP contribution in [0.1, 0.15) is 29.0 Å². The van der Waals surface area contributed by atoms with Crippen molar-refractivity contribution in [1.29, 1.82) is 0 Å². The molecule has 1 aliphatic carbocycles. The Labute approximate surface area is 204 Å². The van der Waals surface area contributed by atoms with Crippen LogP contribution in [0.5, 0.6) is 0 Å². The molecule has 0 radical (unpaired) electrons.